The zero-order valence-corrected chi connectivity index (χ0v) is 6.61. The number of hydrogen-bond acceptors (Lipinski definition) is 0. The molecule has 1 fully saturated rings. The summed E-state index contributed by atoms with van der Waals surface area (Å²) in [5.74, 6) is 2.66. The van der Waals surface area contributed by atoms with E-state index in [2.05, 4.69) is 13.8 Å². The lowest BCUT2D eigenvalue weighted by Crippen LogP contribution is -1.96. The average Bonchev–Trinajstić information content (AvgIpc) is 2.15. The molecule has 0 unspecified atom stereocenters. The molecule has 0 heterocycles. The van der Waals surface area contributed by atoms with Gasteiger partial charge in [0.2, 0.25) is 0 Å². The lowest BCUT2D eigenvalue weighted by atomic mass is 9.96. The fraction of sp³-hybridized carbons (Fsp3) is 0.889. The predicted octanol–water partition coefficient (Wildman–Crippen LogP) is 3.18. The lowest BCUT2D eigenvalue weighted by Gasteiger charge is -2.09. The van der Waals surface area contributed by atoms with Crippen molar-refractivity contribution >= 4 is 0 Å². The zero-order valence-electron chi connectivity index (χ0n) is 6.61. The van der Waals surface area contributed by atoms with E-state index in [1.54, 1.807) is 5.92 Å². The van der Waals surface area contributed by atoms with E-state index in [-0.39, 0.29) is 0 Å². The summed E-state index contributed by atoms with van der Waals surface area (Å²) >= 11 is 0. The molecule has 0 aromatic rings. The molecule has 0 bridgehead atoms. The van der Waals surface area contributed by atoms with Crippen molar-refractivity contribution in [2.75, 3.05) is 0 Å². The van der Waals surface area contributed by atoms with Crippen LogP contribution in [0, 0.1) is 11.8 Å². The number of hydrogen-bond donors (Lipinski definition) is 0. The van der Waals surface area contributed by atoms with E-state index in [1.807, 2.05) is 0 Å². The third kappa shape index (κ3) is 2.38. The topological polar surface area (TPSA) is 0 Å². The van der Waals surface area contributed by atoms with Gasteiger partial charge >= 0.3 is 0 Å². The van der Waals surface area contributed by atoms with Crippen LogP contribution in [0.15, 0.2) is 0 Å². The monoisotopic (exact) mass is 125 g/mol. The van der Waals surface area contributed by atoms with Crippen LogP contribution in [0.5, 0.6) is 0 Å². The average molecular weight is 125 g/mol. The molecule has 1 aliphatic rings. The van der Waals surface area contributed by atoms with Gasteiger partial charge in [0.05, 0.1) is 0 Å². The Kier molecular flexibility index (Phi) is 2.56. The molecule has 1 saturated carbocycles. The fourth-order valence-corrected chi connectivity index (χ4v) is 1.79. The Morgan fingerprint density at radius 3 is 2.22 bits per heavy atom. The molecule has 0 amide bonds. The molecule has 0 saturated heterocycles. The van der Waals surface area contributed by atoms with E-state index < -0.39 is 0 Å². The molecular weight excluding hydrogens is 108 g/mol. The Morgan fingerprint density at radius 2 is 1.78 bits per heavy atom. The standard InChI is InChI=1S/C9H17/c1-8(2)7-9-5-3-4-6-9/h9H,3-7H2,1-2H3. The maximum Gasteiger partial charge on any atom is -0.0300 e. The molecule has 1 radical (unpaired) electrons. The molecular formula is C9H17. The van der Waals surface area contributed by atoms with Crippen LogP contribution in [0.25, 0.3) is 0 Å². The summed E-state index contributed by atoms with van der Waals surface area (Å²) in [4.78, 5) is 0. The highest BCUT2D eigenvalue weighted by molar-refractivity contribution is 4.82. The lowest BCUT2D eigenvalue weighted by molar-refractivity contribution is 0.515. The molecule has 0 atom stereocenters. The Hall–Kier alpha value is 0. The van der Waals surface area contributed by atoms with Gasteiger partial charge in [0, 0.05) is 0 Å². The van der Waals surface area contributed by atoms with Gasteiger partial charge < -0.3 is 0 Å². The minimum Gasteiger partial charge on any atom is -0.0594 e. The first-order chi connectivity index (χ1) is 4.29. The van der Waals surface area contributed by atoms with Crippen molar-refractivity contribution in [2.24, 2.45) is 5.92 Å². The van der Waals surface area contributed by atoms with Gasteiger partial charge in [0.25, 0.3) is 0 Å². The van der Waals surface area contributed by atoms with Gasteiger partial charge in [0.1, 0.15) is 0 Å². The van der Waals surface area contributed by atoms with Crippen LogP contribution in [0.1, 0.15) is 46.0 Å². The molecule has 0 aromatic heterocycles. The van der Waals surface area contributed by atoms with Crippen molar-refractivity contribution < 1.29 is 0 Å². The highest BCUT2D eigenvalue weighted by atomic mass is 14.2. The van der Waals surface area contributed by atoms with Gasteiger partial charge in [0.15, 0.2) is 0 Å². The normalized spacial score (nSPS) is 21.7. The van der Waals surface area contributed by atoms with E-state index in [1.165, 1.54) is 32.1 Å². The largest absolute Gasteiger partial charge is 0.0594 e. The zero-order chi connectivity index (χ0) is 6.69. The summed E-state index contributed by atoms with van der Waals surface area (Å²) < 4.78 is 0. The highest BCUT2D eigenvalue weighted by Crippen LogP contribution is 2.30. The van der Waals surface area contributed by atoms with E-state index in [4.69, 9.17) is 0 Å². The Balaban J connectivity index is 2.11. The third-order valence-corrected chi connectivity index (χ3v) is 2.17. The van der Waals surface area contributed by atoms with Crippen molar-refractivity contribution in [2.45, 2.75) is 46.0 Å². The van der Waals surface area contributed by atoms with Gasteiger partial charge in [-0.15, -0.1) is 0 Å². The summed E-state index contributed by atoms with van der Waals surface area (Å²) in [7, 11) is 0. The van der Waals surface area contributed by atoms with Crippen LogP contribution in [-0.4, -0.2) is 0 Å². The van der Waals surface area contributed by atoms with Crippen molar-refractivity contribution in [1.82, 2.24) is 0 Å². The first kappa shape index (κ1) is 7.11. The second-order valence-electron chi connectivity index (χ2n) is 3.56. The third-order valence-electron chi connectivity index (χ3n) is 2.17. The van der Waals surface area contributed by atoms with Gasteiger partial charge in [-0.3, -0.25) is 0 Å². The molecule has 0 N–H and O–H groups in total. The molecule has 9 heavy (non-hydrogen) atoms. The first-order valence-corrected chi connectivity index (χ1v) is 4.08. The fourth-order valence-electron chi connectivity index (χ4n) is 1.79. The highest BCUT2D eigenvalue weighted by Gasteiger charge is 2.15. The molecule has 0 aromatic carbocycles. The maximum atomic E-state index is 2.25. The molecule has 0 spiro atoms. The summed E-state index contributed by atoms with van der Waals surface area (Å²) in [6.07, 6.45) is 7.34. The van der Waals surface area contributed by atoms with E-state index in [9.17, 15) is 0 Å². The molecule has 53 valence electrons. The van der Waals surface area contributed by atoms with Gasteiger partial charge in [-0.05, 0) is 18.3 Å². The predicted molar refractivity (Wildman–Crippen MR) is 41.2 cm³/mol. The van der Waals surface area contributed by atoms with Crippen LogP contribution in [0.4, 0.5) is 0 Å². The van der Waals surface area contributed by atoms with Crippen molar-refractivity contribution in [3.05, 3.63) is 5.92 Å². The second-order valence-corrected chi connectivity index (χ2v) is 3.56. The van der Waals surface area contributed by atoms with Gasteiger partial charge in [-0.25, -0.2) is 0 Å². The molecule has 0 aliphatic heterocycles. The summed E-state index contributed by atoms with van der Waals surface area (Å²) in [5.41, 5.74) is 0. The summed E-state index contributed by atoms with van der Waals surface area (Å²) in [6.45, 7) is 4.50. The van der Waals surface area contributed by atoms with Crippen LogP contribution in [0.2, 0.25) is 0 Å². The van der Waals surface area contributed by atoms with Crippen molar-refractivity contribution in [3.63, 3.8) is 0 Å². The quantitative estimate of drug-likeness (QED) is 0.531. The van der Waals surface area contributed by atoms with E-state index >= 15 is 0 Å². The summed E-state index contributed by atoms with van der Waals surface area (Å²) in [5, 5.41) is 0. The summed E-state index contributed by atoms with van der Waals surface area (Å²) in [6, 6.07) is 0. The minimum atomic E-state index is 1.05. The molecule has 0 nitrogen and oxygen atoms in total. The van der Waals surface area contributed by atoms with Gasteiger partial charge in [-0.2, -0.15) is 0 Å². The van der Waals surface area contributed by atoms with Crippen LogP contribution in [0.3, 0.4) is 0 Å². The van der Waals surface area contributed by atoms with Crippen LogP contribution < -0.4 is 0 Å². The molecule has 0 heteroatoms. The molecule has 1 rings (SSSR count). The van der Waals surface area contributed by atoms with E-state index in [0.717, 1.165) is 5.92 Å². The van der Waals surface area contributed by atoms with E-state index in [0.29, 0.717) is 0 Å². The smallest absolute Gasteiger partial charge is 0.0300 e. The van der Waals surface area contributed by atoms with Crippen LogP contribution in [-0.2, 0) is 0 Å². The SMILES string of the molecule is C[C](C)CC1CCCC1. The van der Waals surface area contributed by atoms with Gasteiger partial charge in [-0.1, -0.05) is 39.5 Å². The minimum absolute atomic E-state index is 1.05. The number of rotatable bonds is 2. The van der Waals surface area contributed by atoms with Crippen molar-refractivity contribution in [1.29, 1.82) is 0 Å². The maximum absolute atomic E-state index is 2.25. The molecule has 1 aliphatic carbocycles. The Labute approximate surface area is 58.7 Å². The Bertz CT molecular complexity index is 68.1. The van der Waals surface area contributed by atoms with Crippen molar-refractivity contribution in [3.8, 4) is 0 Å². The Morgan fingerprint density at radius 1 is 1.22 bits per heavy atom. The second kappa shape index (κ2) is 3.24. The first-order valence-electron chi connectivity index (χ1n) is 4.08. The van der Waals surface area contributed by atoms with Crippen LogP contribution >= 0.6 is 0 Å².